The number of anilines is 2. The van der Waals surface area contributed by atoms with Gasteiger partial charge in [0.15, 0.2) is 0 Å². The number of ether oxygens (including phenoxy) is 1. The molecule has 27 heavy (non-hydrogen) atoms. The Labute approximate surface area is 160 Å². The van der Waals surface area contributed by atoms with E-state index >= 15 is 0 Å². The smallest absolute Gasteiger partial charge is 0.261 e. The van der Waals surface area contributed by atoms with Gasteiger partial charge in [0.1, 0.15) is 5.75 Å². The second-order valence-electron chi connectivity index (χ2n) is 6.90. The van der Waals surface area contributed by atoms with Gasteiger partial charge in [-0.2, -0.15) is 0 Å². The van der Waals surface area contributed by atoms with Crippen molar-refractivity contribution in [3.8, 4) is 5.75 Å². The minimum absolute atomic E-state index is 0.000323. The maximum absolute atomic E-state index is 12.8. The molecule has 1 saturated heterocycles. The highest BCUT2D eigenvalue weighted by Gasteiger charge is 2.24. The molecule has 0 aliphatic carbocycles. The second kappa shape index (κ2) is 7.60. The monoisotopic (exact) mass is 388 g/mol. The zero-order valence-electron chi connectivity index (χ0n) is 15.7. The van der Waals surface area contributed by atoms with Gasteiger partial charge in [-0.3, -0.25) is 9.52 Å². The third kappa shape index (κ3) is 4.42. The van der Waals surface area contributed by atoms with E-state index in [2.05, 4.69) is 4.72 Å². The topological polar surface area (TPSA) is 75.7 Å². The molecular weight excluding hydrogens is 364 g/mol. The molecule has 2 aromatic rings. The van der Waals surface area contributed by atoms with Crippen LogP contribution in [0.4, 0.5) is 11.4 Å². The molecular formula is C20H24N2O4S. The molecule has 0 spiro atoms. The van der Waals surface area contributed by atoms with Gasteiger partial charge in [-0.1, -0.05) is 6.07 Å². The average Bonchev–Trinajstić information content (AvgIpc) is 3.00. The van der Waals surface area contributed by atoms with Gasteiger partial charge in [-0.15, -0.1) is 0 Å². The summed E-state index contributed by atoms with van der Waals surface area (Å²) in [7, 11) is -3.74. The van der Waals surface area contributed by atoms with E-state index in [0.29, 0.717) is 24.4 Å². The molecule has 0 saturated carbocycles. The van der Waals surface area contributed by atoms with Crippen molar-refractivity contribution in [3.63, 3.8) is 0 Å². The predicted octanol–water partition coefficient (Wildman–Crippen LogP) is 3.71. The standard InChI is InChI=1S/C20H24N2O4S/c1-14(2)26-17-7-4-6-16(13-17)21-27(24,25)18-9-10-19(15(3)12-18)22-11-5-8-20(22)23/h4,6-7,9-10,12-14,21H,5,8,11H2,1-3H3. The van der Waals surface area contributed by atoms with Crippen LogP contribution < -0.4 is 14.4 Å². The molecule has 1 aliphatic heterocycles. The summed E-state index contributed by atoms with van der Waals surface area (Å²) in [6.07, 6.45) is 1.37. The van der Waals surface area contributed by atoms with Crippen LogP contribution in [-0.2, 0) is 14.8 Å². The van der Waals surface area contributed by atoms with Gasteiger partial charge >= 0.3 is 0 Å². The minimum atomic E-state index is -3.74. The van der Waals surface area contributed by atoms with Crippen LogP contribution in [-0.4, -0.2) is 27.0 Å². The van der Waals surface area contributed by atoms with E-state index in [1.165, 1.54) is 6.07 Å². The molecule has 6 nitrogen and oxygen atoms in total. The van der Waals surface area contributed by atoms with Crippen LogP contribution >= 0.6 is 0 Å². The van der Waals surface area contributed by atoms with Crippen LogP contribution in [0.25, 0.3) is 0 Å². The maximum atomic E-state index is 12.8. The van der Waals surface area contributed by atoms with Crippen molar-refractivity contribution < 1.29 is 17.9 Å². The molecule has 1 fully saturated rings. The van der Waals surface area contributed by atoms with Gasteiger partial charge in [-0.25, -0.2) is 8.42 Å². The maximum Gasteiger partial charge on any atom is 0.261 e. The molecule has 0 radical (unpaired) electrons. The third-order valence-electron chi connectivity index (χ3n) is 4.30. The van der Waals surface area contributed by atoms with E-state index in [-0.39, 0.29) is 16.9 Å². The van der Waals surface area contributed by atoms with Crippen molar-refractivity contribution in [3.05, 3.63) is 48.0 Å². The fraction of sp³-hybridized carbons (Fsp3) is 0.350. The summed E-state index contributed by atoms with van der Waals surface area (Å²) >= 11 is 0. The first kappa shape index (κ1) is 19.2. The summed E-state index contributed by atoms with van der Waals surface area (Å²) in [5.74, 6) is 0.679. The molecule has 144 valence electrons. The number of nitrogens with zero attached hydrogens (tertiary/aromatic N) is 1. The molecule has 0 aromatic heterocycles. The largest absolute Gasteiger partial charge is 0.491 e. The van der Waals surface area contributed by atoms with E-state index in [1.54, 1.807) is 41.3 Å². The van der Waals surface area contributed by atoms with Crippen molar-refractivity contribution in [2.45, 2.75) is 44.6 Å². The Hall–Kier alpha value is -2.54. The summed E-state index contributed by atoms with van der Waals surface area (Å²) in [6.45, 7) is 6.31. The van der Waals surface area contributed by atoms with Crippen LogP contribution in [0, 0.1) is 6.92 Å². The van der Waals surface area contributed by atoms with Crippen molar-refractivity contribution in [1.29, 1.82) is 0 Å². The van der Waals surface area contributed by atoms with Gasteiger partial charge in [0.05, 0.1) is 16.7 Å². The highest BCUT2D eigenvalue weighted by atomic mass is 32.2. The van der Waals surface area contributed by atoms with Gasteiger partial charge in [0.2, 0.25) is 5.91 Å². The Morgan fingerprint density at radius 2 is 1.93 bits per heavy atom. The number of carbonyl (C=O) groups excluding carboxylic acids is 1. The summed E-state index contributed by atoms with van der Waals surface area (Å²) in [5.41, 5.74) is 1.96. The van der Waals surface area contributed by atoms with E-state index in [0.717, 1.165) is 17.7 Å². The Bertz CT molecular complexity index is 954. The first-order chi connectivity index (χ1) is 12.8. The Morgan fingerprint density at radius 1 is 1.15 bits per heavy atom. The molecule has 1 aliphatic rings. The molecule has 0 bridgehead atoms. The molecule has 1 amide bonds. The lowest BCUT2D eigenvalue weighted by Crippen LogP contribution is -2.24. The van der Waals surface area contributed by atoms with Crippen LogP contribution in [0.5, 0.6) is 5.75 Å². The van der Waals surface area contributed by atoms with E-state index in [9.17, 15) is 13.2 Å². The lowest BCUT2D eigenvalue weighted by Gasteiger charge is -2.19. The van der Waals surface area contributed by atoms with E-state index < -0.39 is 10.0 Å². The van der Waals surface area contributed by atoms with Gasteiger partial charge in [0.25, 0.3) is 10.0 Å². The fourth-order valence-electron chi connectivity index (χ4n) is 3.12. The second-order valence-corrected chi connectivity index (χ2v) is 8.58. The Kier molecular flexibility index (Phi) is 5.41. The molecule has 2 aromatic carbocycles. The number of aryl methyl sites for hydroxylation is 1. The normalized spacial score (nSPS) is 14.7. The van der Waals surface area contributed by atoms with Crippen LogP contribution in [0.3, 0.4) is 0 Å². The van der Waals surface area contributed by atoms with E-state index in [1.807, 2.05) is 20.8 Å². The van der Waals surface area contributed by atoms with Crippen LogP contribution in [0.15, 0.2) is 47.4 Å². The Balaban J connectivity index is 1.83. The highest BCUT2D eigenvalue weighted by Crippen LogP contribution is 2.28. The number of rotatable bonds is 6. The number of hydrogen-bond acceptors (Lipinski definition) is 4. The average molecular weight is 388 g/mol. The molecule has 1 N–H and O–H groups in total. The van der Waals surface area contributed by atoms with Crippen LogP contribution in [0.1, 0.15) is 32.3 Å². The van der Waals surface area contributed by atoms with Crippen LogP contribution in [0.2, 0.25) is 0 Å². The number of sulfonamides is 1. The van der Waals surface area contributed by atoms with Gasteiger partial charge in [0, 0.05) is 24.7 Å². The number of carbonyl (C=O) groups is 1. The molecule has 1 heterocycles. The molecule has 0 atom stereocenters. The fourth-order valence-corrected chi connectivity index (χ4v) is 4.25. The lowest BCUT2D eigenvalue weighted by atomic mass is 10.2. The van der Waals surface area contributed by atoms with Gasteiger partial charge in [-0.05, 0) is 63.1 Å². The zero-order chi connectivity index (χ0) is 19.6. The predicted molar refractivity (Wildman–Crippen MR) is 106 cm³/mol. The lowest BCUT2D eigenvalue weighted by molar-refractivity contribution is -0.117. The summed E-state index contributed by atoms with van der Waals surface area (Å²) < 4.78 is 33.7. The molecule has 0 unspecified atom stereocenters. The molecule has 7 heteroatoms. The first-order valence-electron chi connectivity index (χ1n) is 8.97. The number of hydrogen-bond donors (Lipinski definition) is 1. The first-order valence-corrected chi connectivity index (χ1v) is 10.4. The van der Waals surface area contributed by atoms with Crippen molar-refractivity contribution in [2.24, 2.45) is 0 Å². The summed E-state index contributed by atoms with van der Waals surface area (Å²) in [6, 6.07) is 11.7. The highest BCUT2D eigenvalue weighted by molar-refractivity contribution is 7.92. The quantitative estimate of drug-likeness (QED) is 0.818. The zero-order valence-corrected chi connectivity index (χ0v) is 16.5. The third-order valence-corrected chi connectivity index (χ3v) is 5.68. The van der Waals surface area contributed by atoms with Crippen molar-refractivity contribution in [2.75, 3.05) is 16.2 Å². The number of benzene rings is 2. The summed E-state index contributed by atoms with van der Waals surface area (Å²) in [5, 5.41) is 0. The van der Waals surface area contributed by atoms with Crippen molar-refractivity contribution in [1.82, 2.24) is 0 Å². The molecule has 3 rings (SSSR count). The van der Waals surface area contributed by atoms with Crippen molar-refractivity contribution >= 4 is 27.3 Å². The minimum Gasteiger partial charge on any atom is -0.491 e. The number of nitrogens with one attached hydrogen (secondary N) is 1. The SMILES string of the molecule is Cc1cc(S(=O)(=O)Nc2cccc(OC(C)C)c2)ccc1N1CCCC1=O. The Morgan fingerprint density at radius 3 is 2.56 bits per heavy atom. The van der Waals surface area contributed by atoms with E-state index in [4.69, 9.17) is 4.74 Å². The van der Waals surface area contributed by atoms with Gasteiger partial charge < -0.3 is 9.64 Å². The summed E-state index contributed by atoms with van der Waals surface area (Å²) in [4.78, 5) is 13.8. The number of amides is 1.